The topological polar surface area (TPSA) is 29.9 Å². The van der Waals surface area contributed by atoms with E-state index in [1.54, 1.807) is 0 Å². The van der Waals surface area contributed by atoms with Crippen LogP contribution in [0.2, 0.25) is 0 Å². The Morgan fingerprint density at radius 1 is 1.44 bits per heavy atom. The quantitative estimate of drug-likeness (QED) is 0.895. The van der Waals surface area contributed by atoms with E-state index in [9.17, 15) is 0 Å². The van der Waals surface area contributed by atoms with Crippen LogP contribution in [-0.4, -0.2) is 16.1 Å². The summed E-state index contributed by atoms with van der Waals surface area (Å²) in [6.45, 7) is 3.30. The first kappa shape index (κ1) is 11.5. The van der Waals surface area contributed by atoms with Crippen LogP contribution in [0.1, 0.15) is 37.1 Å². The maximum atomic E-state index is 4.32. The lowest BCUT2D eigenvalue weighted by atomic mass is 10.1. The first-order chi connectivity index (χ1) is 8.88. The van der Waals surface area contributed by atoms with Crippen molar-refractivity contribution >= 4 is 0 Å². The van der Waals surface area contributed by atoms with E-state index in [-0.39, 0.29) is 0 Å². The summed E-state index contributed by atoms with van der Waals surface area (Å²) in [7, 11) is 0. The van der Waals surface area contributed by atoms with Gasteiger partial charge in [0.05, 0.1) is 18.2 Å². The molecule has 1 aliphatic heterocycles. The van der Waals surface area contributed by atoms with E-state index >= 15 is 0 Å². The van der Waals surface area contributed by atoms with Gasteiger partial charge in [0, 0.05) is 11.7 Å². The molecule has 1 atom stereocenters. The van der Waals surface area contributed by atoms with E-state index in [1.165, 1.54) is 29.8 Å². The van der Waals surface area contributed by atoms with Gasteiger partial charge in [-0.05, 0) is 43.5 Å². The normalized spacial score (nSPS) is 19.3. The maximum absolute atomic E-state index is 4.32. The Labute approximate surface area is 108 Å². The molecule has 0 bridgehead atoms. The van der Waals surface area contributed by atoms with Gasteiger partial charge in [0.15, 0.2) is 0 Å². The summed E-state index contributed by atoms with van der Waals surface area (Å²) in [4.78, 5) is 4.32. The molecule has 0 saturated carbocycles. The molecule has 94 valence electrons. The zero-order valence-corrected chi connectivity index (χ0v) is 10.8. The molecule has 1 unspecified atom stereocenters. The Kier molecular flexibility index (Phi) is 3.15. The first-order valence-electron chi connectivity index (χ1n) is 6.73. The highest BCUT2D eigenvalue weighted by molar-refractivity contribution is 5.38. The molecule has 3 rings (SSSR count). The highest BCUT2D eigenvalue weighted by Gasteiger charge is 2.20. The van der Waals surface area contributed by atoms with E-state index < -0.39 is 0 Å². The lowest BCUT2D eigenvalue weighted by molar-refractivity contribution is 0.615. The molecule has 0 aliphatic carbocycles. The second-order valence-corrected chi connectivity index (χ2v) is 4.86. The van der Waals surface area contributed by atoms with E-state index in [0.717, 1.165) is 13.0 Å². The predicted molar refractivity (Wildman–Crippen MR) is 72.9 cm³/mol. The van der Waals surface area contributed by atoms with Crippen LogP contribution in [0, 0.1) is 0 Å². The molecule has 0 amide bonds. The molecule has 3 nitrogen and oxygen atoms in total. The summed E-state index contributed by atoms with van der Waals surface area (Å²) >= 11 is 0. The molecule has 1 aromatic heterocycles. The van der Waals surface area contributed by atoms with Gasteiger partial charge >= 0.3 is 0 Å². The molecule has 0 radical (unpaired) electrons. The van der Waals surface area contributed by atoms with Gasteiger partial charge in [-0.15, -0.1) is 0 Å². The SMILES string of the molecule is CCc1cccc(-n2cncc2C2CCCN2)c1. The number of aryl methyl sites for hydroxylation is 1. The Balaban J connectivity index is 1.98. The second kappa shape index (κ2) is 4.94. The summed E-state index contributed by atoms with van der Waals surface area (Å²) in [6.07, 6.45) is 7.44. The molecule has 1 aliphatic rings. The third kappa shape index (κ3) is 2.06. The van der Waals surface area contributed by atoms with Crippen LogP contribution in [0.3, 0.4) is 0 Å². The number of nitrogens with zero attached hydrogens (tertiary/aromatic N) is 2. The Morgan fingerprint density at radius 3 is 3.17 bits per heavy atom. The second-order valence-electron chi connectivity index (χ2n) is 4.86. The van der Waals surface area contributed by atoms with Crippen molar-refractivity contribution < 1.29 is 0 Å². The third-order valence-electron chi connectivity index (χ3n) is 3.68. The molecule has 1 N–H and O–H groups in total. The number of imidazole rings is 1. The van der Waals surface area contributed by atoms with E-state index in [2.05, 4.69) is 46.1 Å². The van der Waals surface area contributed by atoms with Crippen molar-refractivity contribution in [3.63, 3.8) is 0 Å². The van der Waals surface area contributed by atoms with Crippen molar-refractivity contribution in [2.75, 3.05) is 6.54 Å². The zero-order chi connectivity index (χ0) is 12.4. The summed E-state index contributed by atoms with van der Waals surface area (Å²) in [5, 5.41) is 3.54. The molecule has 0 spiro atoms. The fourth-order valence-electron chi connectivity index (χ4n) is 2.64. The van der Waals surface area contributed by atoms with Gasteiger partial charge < -0.3 is 9.88 Å². The monoisotopic (exact) mass is 241 g/mol. The van der Waals surface area contributed by atoms with Gasteiger partial charge in [-0.2, -0.15) is 0 Å². The average Bonchev–Trinajstić information content (AvgIpc) is 3.09. The van der Waals surface area contributed by atoms with Gasteiger partial charge in [0.1, 0.15) is 0 Å². The van der Waals surface area contributed by atoms with E-state index in [4.69, 9.17) is 0 Å². The lowest BCUT2D eigenvalue weighted by Gasteiger charge is -2.14. The van der Waals surface area contributed by atoms with Crippen LogP contribution in [0.25, 0.3) is 5.69 Å². The van der Waals surface area contributed by atoms with Crippen LogP contribution in [-0.2, 0) is 6.42 Å². The van der Waals surface area contributed by atoms with Crippen molar-refractivity contribution in [3.05, 3.63) is 48.0 Å². The smallest absolute Gasteiger partial charge is 0.0994 e. The molecule has 3 heteroatoms. The number of nitrogens with one attached hydrogen (secondary N) is 1. The minimum absolute atomic E-state index is 0.456. The Morgan fingerprint density at radius 2 is 2.39 bits per heavy atom. The lowest BCUT2D eigenvalue weighted by Crippen LogP contribution is -2.16. The molecule has 2 aromatic rings. The molecule has 2 heterocycles. The fraction of sp³-hybridized carbons (Fsp3) is 0.400. The van der Waals surface area contributed by atoms with Crippen LogP contribution in [0.15, 0.2) is 36.8 Å². The molecule has 18 heavy (non-hydrogen) atoms. The third-order valence-corrected chi connectivity index (χ3v) is 3.68. The average molecular weight is 241 g/mol. The standard InChI is InChI=1S/C15H19N3/c1-2-12-5-3-6-13(9-12)18-11-16-10-15(18)14-7-4-8-17-14/h3,5-6,9-11,14,17H,2,4,7-8H2,1H3. The van der Waals surface area contributed by atoms with Gasteiger partial charge in [0.25, 0.3) is 0 Å². The first-order valence-corrected chi connectivity index (χ1v) is 6.73. The Hall–Kier alpha value is -1.61. The highest BCUT2D eigenvalue weighted by Crippen LogP contribution is 2.25. The van der Waals surface area contributed by atoms with Crippen molar-refractivity contribution in [3.8, 4) is 5.69 Å². The van der Waals surface area contributed by atoms with Gasteiger partial charge in [0.2, 0.25) is 0 Å². The fourth-order valence-corrected chi connectivity index (χ4v) is 2.64. The molecular formula is C15H19N3. The number of rotatable bonds is 3. The Bertz CT molecular complexity index is 524. The van der Waals surface area contributed by atoms with Crippen LogP contribution in [0.4, 0.5) is 0 Å². The molecule has 1 saturated heterocycles. The van der Waals surface area contributed by atoms with E-state index in [0.29, 0.717) is 6.04 Å². The zero-order valence-electron chi connectivity index (χ0n) is 10.8. The van der Waals surface area contributed by atoms with Crippen molar-refractivity contribution in [2.24, 2.45) is 0 Å². The summed E-state index contributed by atoms with van der Waals surface area (Å²) in [5.74, 6) is 0. The minimum atomic E-state index is 0.456. The predicted octanol–water partition coefficient (Wildman–Crippen LogP) is 2.86. The van der Waals surface area contributed by atoms with Gasteiger partial charge in [-0.3, -0.25) is 0 Å². The van der Waals surface area contributed by atoms with Crippen molar-refractivity contribution in [1.29, 1.82) is 0 Å². The van der Waals surface area contributed by atoms with Gasteiger partial charge in [-0.25, -0.2) is 4.98 Å². The molecule has 1 aromatic carbocycles. The van der Waals surface area contributed by atoms with Crippen LogP contribution >= 0.6 is 0 Å². The minimum Gasteiger partial charge on any atom is -0.309 e. The molecular weight excluding hydrogens is 222 g/mol. The summed E-state index contributed by atoms with van der Waals surface area (Å²) < 4.78 is 2.21. The largest absolute Gasteiger partial charge is 0.309 e. The number of hydrogen-bond acceptors (Lipinski definition) is 2. The van der Waals surface area contributed by atoms with Crippen LogP contribution in [0.5, 0.6) is 0 Å². The number of aromatic nitrogens is 2. The van der Waals surface area contributed by atoms with Crippen LogP contribution < -0.4 is 5.32 Å². The van der Waals surface area contributed by atoms with Gasteiger partial charge in [-0.1, -0.05) is 19.1 Å². The summed E-state index contributed by atoms with van der Waals surface area (Å²) in [6, 6.07) is 9.16. The maximum Gasteiger partial charge on any atom is 0.0994 e. The molecule has 1 fully saturated rings. The van der Waals surface area contributed by atoms with Crippen molar-refractivity contribution in [2.45, 2.75) is 32.2 Å². The van der Waals surface area contributed by atoms with Crippen molar-refractivity contribution in [1.82, 2.24) is 14.9 Å². The summed E-state index contributed by atoms with van der Waals surface area (Å²) in [5.41, 5.74) is 3.86. The number of benzene rings is 1. The van der Waals surface area contributed by atoms with E-state index in [1.807, 2.05) is 12.5 Å². The number of hydrogen-bond donors (Lipinski definition) is 1. The highest BCUT2D eigenvalue weighted by atomic mass is 15.1.